The van der Waals surface area contributed by atoms with Crippen LogP contribution in [0.25, 0.3) is 0 Å². The highest BCUT2D eigenvalue weighted by molar-refractivity contribution is 9.10. The van der Waals surface area contributed by atoms with Crippen molar-refractivity contribution in [1.82, 2.24) is 5.32 Å². The normalized spacial score (nSPS) is 18.7. The molecule has 0 aliphatic carbocycles. The topological polar surface area (TPSA) is 21.3 Å². The molecule has 118 valence electrons. The summed E-state index contributed by atoms with van der Waals surface area (Å²) in [6.45, 7) is 9.05. The van der Waals surface area contributed by atoms with Crippen LogP contribution in [0.15, 0.2) is 22.7 Å². The van der Waals surface area contributed by atoms with Crippen LogP contribution in [0.4, 0.5) is 4.39 Å². The zero-order chi connectivity index (χ0) is 15.5. The van der Waals surface area contributed by atoms with Gasteiger partial charge < -0.3 is 10.1 Å². The summed E-state index contributed by atoms with van der Waals surface area (Å²) in [7, 11) is 0. The Balaban J connectivity index is 2.17. The van der Waals surface area contributed by atoms with E-state index in [1.807, 2.05) is 0 Å². The summed E-state index contributed by atoms with van der Waals surface area (Å²) in [5.41, 5.74) is 1.28. The van der Waals surface area contributed by atoms with Crippen molar-refractivity contribution < 1.29 is 9.13 Å². The van der Waals surface area contributed by atoms with E-state index in [0.717, 1.165) is 49.1 Å². The first kappa shape index (κ1) is 16.9. The van der Waals surface area contributed by atoms with Crippen LogP contribution in [0.3, 0.4) is 0 Å². The number of ether oxygens (including phenoxy) is 1. The van der Waals surface area contributed by atoms with Crippen LogP contribution in [-0.4, -0.2) is 25.3 Å². The van der Waals surface area contributed by atoms with Crippen LogP contribution in [0.2, 0.25) is 0 Å². The van der Waals surface area contributed by atoms with Crippen molar-refractivity contribution >= 4 is 15.9 Å². The van der Waals surface area contributed by atoms with Gasteiger partial charge in [0.2, 0.25) is 0 Å². The molecule has 0 unspecified atom stereocenters. The highest BCUT2D eigenvalue weighted by atomic mass is 79.9. The lowest BCUT2D eigenvalue weighted by Gasteiger charge is -2.40. The first-order valence-electron chi connectivity index (χ1n) is 7.56. The van der Waals surface area contributed by atoms with E-state index in [2.05, 4.69) is 42.0 Å². The van der Waals surface area contributed by atoms with Gasteiger partial charge in [0, 0.05) is 29.8 Å². The molecule has 1 fully saturated rings. The van der Waals surface area contributed by atoms with Gasteiger partial charge in [0.15, 0.2) is 0 Å². The van der Waals surface area contributed by atoms with Crippen LogP contribution < -0.4 is 5.32 Å². The first-order valence-corrected chi connectivity index (χ1v) is 8.36. The van der Waals surface area contributed by atoms with E-state index >= 15 is 0 Å². The summed E-state index contributed by atoms with van der Waals surface area (Å²) >= 11 is 3.55. The smallest absolute Gasteiger partial charge is 0.123 e. The molecular formula is C17H25BrFNO. The summed E-state index contributed by atoms with van der Waals surface area (Å²) in [4.78, 5) is 0. The van der Waals surface area contributed by atoms with E-state index in [-0.39, 0.29) is 16.8 Å². The van der Waals surface area contributed by atoms with Gasteiger partial charge in [-0.2, -0.15) is 0 Å². The third-order valence-corrected chi connectivity index (χ3v) is 4.89. The molecule has 0 bridgehead atoms. The van der Waals surface area contributed by atoms with Crippen molar-refractivity contribution in [3.05, 3.63) is 34.1 Å². The average Bonchev–Trinajstić information content (AvgIpc) is 2.41. The second-order valence-electron chi connectivity index (χ2n) is 7.13. The lowest BCUT2D eigenvalue weighted by atomic mass is 9.74. The third kappa shape index (κ3) is 5.04. The second kappa shape index (κ2) is 6.76. The molecule has 1 aromatic rings. The Labute approximate surface area is 135 Å². The molecule has 0 radical (unpaired) electrons. The fraction of sp³-hybridized carbons (Fsp3) is 0.647. The standard InChI is InChI=1S/C17H25BrFNO/c1-16(2,3)20-12-17(6-8-21-9-7-17)11-13-10-14(19)4-5-15(13)18/h4-5,10,20H,6-9,11-12H2,1-3H3. The van der Waals surface area contributed by atoms with E-state index < -0.39 is 0 Å². The SMILES string of the molecule is CC(C)(C)NCC1(Cc2cc(F)ccc2Br)CCOCC1. The largest absolute Gasteiger partial charge is 0.381 e. The monoisotopic (exact) mass is 357 g/mol. The number of hydrogen-bond donors (Lipinski definition) is 1. The zero-order valence-electron chi connectivity index (χ0n) is 13.1. The van der Waals surface area contributed by atoms with Gasteiger partial charge >= 0.3 is 0 Å². The maximum absolute atomic E-state index is 13.5. The van der Waals surface area contributed by atoms with Gasteiger partial charge in [0.25, 0.3) is 0 Å². The molecule has 0 amide bonds. The Bertz CT molecular complexity index is 478. The predicted octanol–water partition coefficient (Wildman–Crippen LogP) is 4.32. The van der Waals surface area contributed by atoms with E-state index in [4.69, 9.17) is 4.74 Å². The number of halogens is 2. The zero-order valence-corrected chi connectivity index (χ0v) is 14.7. The second-order valence-corrected chi connectivity index (χ2v) is 7.98. The quantitative estimate of drug-likeness (QED) is 0.866. The van der Waals surface area contributed by atoms with Crippen molar-refractivity contribution in [2.24, 2.45) is 5.41 Å². The maximum atomic E-state index is 13.5. The molecule has 4 heteroatoms. The molecule has 0 aromatic heterocycles. The number of nitrogens with one attached hydrogen (secondary N) is 1. The summed E-state index contributed by atoms with van der Waals surface area (Å²) in [6, 6.07) is 4.95. The Morgan fingerprint density at radius 3 is 2.57 bits per heavy atom. The van der Waals surface area contributed by atoms with E-state index in [1.165, 1.54) is 6.07 Å². The minimum absolute atomic E-state index is 0.0878. The first-order chi connectivity index (χ1) is 9.80. The van der Waals surface area contributed by atoms with Gasteiger partial charge in [-0.1, -0.05) is 15.9 Å². The van der Waals surface area contributed by atoms with Gasteiger partial charge in [-0.3, -0.25) is 0 Å². The van der Waals surface area contributed by atoms with E-state index in [0.29, 0.717) is 0 Å². The van der Waals surface area contributed by atoms with Crippen molar-refractivity contribution in [3.63, 3.8) is 0 Å². The molecule has 1 aliphatic heterocycles. The summed E-state index contributed by atoms with van der Waals surface area (Å²) < 4.78 is 20.1. The van der Waals surface area contributed by atoms with Gasteiger partial charge in [0.05, 0.1) is 0 Å². The van der Waals surface area contributed by atoms with Gasteiger partial charge in [-0.05, 0) is 69.2 Å². The molecule has 1 aliphatic rings. The van der Waals surface area contributed by atoms with Crippen molar-refractivity contribution in [2.45, 2.75) is 45.6 Å². The highest BCUT2D eigenvalue weighted by Crippen LogP contribution is 2.36. The molecule has 1 N–H and O–H groups in total. The lowest BCUT2D eigenvalue weighted by Crippen LogP contribution is -2.47. The van der Waals surface area contributed by atoms with Crippen LogP contribution in [0.1, 0.15) is 39.2 Å². The van der Waals surface area contributed by atoms with Crippen LogP contribution in [-0.2, 0) is 11.2 Å². The molecule has 1 aromatic carbocycles. The molecule has 1 saturated heterocycles. The number of rotatable bonds is 4. The predicted molar refractivity (Wildman–Crippen MR) is 88.0 cm³/mol. The molecule has 21 heavy (non-hydrogen) atoms. The van der Waals surface area contributed by atoms with Gasteiger partial charge in [-0.25, -0.2) is 4.39 Å². The fourth-order valence-electron chi connectivity index (χ4n) is 2.76. The van der Waals surface area contributed by atoms with Crippen LogP contribution >= 0.6 is 15.9 Å². The Morgan fingerprint density at radius 2 is 1.95 bits per heavy atom. The van der Waals surface area contributed by atoms with Crippen LogP contribution in [0.5, 0.6) is 0 Å². The molecule has 2 nitrogen and oxygen atoms in total. The molecule has 2 rings (SSSR count). The average molecular weight is 358 g/mol. The Kier molecular flexibility index (Phi) is 5.44. The van der Waals surface area contributed by atoms with Crippen molar-refractivity contribution in [2.75, 3.05) is 19.8 Å². The Hall–Kier alpha value is -0.450. The van der Waals surface area contributed by atoms with E-state index in [1.54, 1.807) is 12.1 Å². The van der Waals surface area contributed by atoms with Crippen molar-refractivity contribution in [3.8, 4) is 0 Å². The molecular weight excluding hydrogens is 333 g/mol. The summed E-state index contributed by atoms with van der Waals surface area (Å²) in [5.74, 6) is -0.167. The van der Waals surface area contributed by atoms with Crippen molar-refractivity contribution in [1.29, 1.82) is 0 Å². The minimum atomic E-state index is -0.167. The molecule has 0 saturated carbocycles. The van der Waals surface area contributed by atoms with Gasteiger partial charge in [-0.15, -0.1) is 0 Å². The van der Waals surface area contributed by atoms with Crippen LogP contribution in [0, 0.1) is 11.2 Å². The highest BCUT2D eigenvalue weighted by Gasteiger charge is 2.34. The molecule has 0 spiro atoms. The lowest BCUT2D eigenvalue weighted by molar-refractivity contribution is 0.0120. The van der Waals surface area contributed by atoms with Gasteiger partial charge in [0.1, 0.15) is 5.82 Å². The third-order valence-electron chi connectivity index (χ3n) is 4.12. The Morgan fingerprint density at radius 1 is 1.29 bits per heavy atom. The number of benzene rings is 1. The molecule has 1 heterocycles. The summed E-state index contributed by atoms with van der Waals surface area (Å²) in [5, 5.41) is 3.62. The van der Waals surface area contributed by atoms with E-state index in [9.17, 15) is 4.39 Å². The number of hydrogen-bond acceptors (Lipinski definition) is 2. The molecule has 0 atom stereocenters. The maximum Gasteiger partial charge on any atom is 0.123 e. The fourth-order valence-corrected chi connectivity index (χ4v) is 3.14. The minimum Gasteiger partial charge on any atom is -0.381 e. The summed E-state index contributed by atoms with van der Waals surface area (Å²) in [6.07, 6.45) is 2.90.